The van der Waals surface area contributed by atoms with Crippen molar-refractivity contribution in [2.75, 3.05) is 6.54 Å². The number of benzene rings is 1. The second kappa shape index (κ2) is 6.72. The van der Waals surface area contributed by atoms with Crippen LogP contribution in [-0.4, -0.2) is 22.2 Å². The zero-order valence-corrected chi connectivity index (χ0v) is 12.9. The molecule has 0 aliphatic carbocycles. The summed E-state index contributed by atoms with van der Waals surface area (Å²) in [4.78, 5) is 2.11. The van der Waals surface area contributed by atoms with E-state index in [1.165, 1.54) is 6.07 Å². The normalized spacial score (nSPS) is 20.6. The van der Waals surface area contributed by atoms with E-state index in [9.17, 15) is 4.39 Å². The van der Waals surface area contributed by atoms with Crippen LogP contribution in [0.5, 0.6) is 0 Å². The predicted octanol–water partition coefficient (Wildman–Crippen LogP) is 2.69. The average Bonchev–Trinajstić information content (AvgIpc) is 2.47. The number of thiocarbonyl (C=S) groups is 1. The molecule has 0 saturated heterocycles. The Morgan fingerprint density at radius 3 is 2.81 bits per heavy atom. The minimum absolute atomic E-state index is 0.168. The first-order chi connectivity index (χ1) is 10.1. The second-order valence-corrected chi connectivity index (χ2v) is 5.44. The molecule has 1 aromatic rings. The standard InChI is InChI=1S/C16H20FN3S/c1-2-16(19-15(18)21)10-5-6-11-20(16)12-9-13-7-3-4-8-14(13)17/h3-8,10-11H,2,9,12H2,1H3,(H3,18,19,21). The second-order valence-electron chi connectivity index (χ2n) is 5.00. The molecule has 0 fully saturated rings. The molecular formula is C16H20FN3S. The molecule has 0 spiro atoms. The fourth-order valence-electron chi connectivity index (χ4n) is 2.55. The van der Waals surface area contributed by atoms with Crippen LogP contribution in [0.25, 0.3) is 0 Å². The van der Waals surface area contributed by atoms with E-state index in [0.29, 0.717) is 18.5 Å². The average molecular weight is 305 g/mol. The highest BCUT2D eigenvalue weighted by Crippen LogP contribution is 2.23. The molecule has 0 bridgehead atoms. The lowest BCUT2D eigenvalue weighted by atomic mass is 10.0. The molecule has 1 aromatic carbocycles. The van der Waals surface area contributed by atoms with Gasteiger partial charge in [-0.3, -0.25) is 0 Å². The van der Waals surface area contributed by atoms with Crippen LogP contribution in [0.1, 0.15) is 18.9 Å². The fraction of sp³-hybridized carbons (Fsp3) is 0.312. The van der Waals surface area contributed by atoms with Crippen molar-refractivity contribution in [3.05, 3.63) is 60.1 Å². The zero-order valence-electron chi connectivity index (χ0n) is 12.1. The van der Waals surface area contributed by atoms with Crippen LogP contribution >= 0.6 is 12.2 Å². The summed E-state index contributed by atoms with van der Waals surface area (Å²) in [7, 11) is 0. The lowest BCUT2D eigenvalue weighted by Gasteiger charge is -2.43. The largest absolute Gasteiger partial charge is 0.376 e. The van der Waals surface area contributed by atoms with Crippen LogP contribution in [0.2, 0.25) is 0 Å². The van der Waals surface area contributed by atoms with Gasteiger partial charge in [-0.1, -0.05) is 31.2 Å². The summed E-state index contributed by atoms with van der Waals surface area (Å²) in [6, 6.07) is 6.85. The zero-order chi connectivity index (χ0) is 15.3. The highest BCUT2D eigenvalue weighted by Gasteiger charge is 2.32. The minimum atomic E-state index is -0.439. The van der Waals surface area contributed by atoms with E-state index < -0.39 is 5.66 Å². The summed E-state index contributed by atoms with van der Waals surface area (Å²) in [5, 5.41) is 3.41. The van der Waals surface area contributed by atoms with Gasteiger partial charge in [-0.15, -0.1) is 0 Å². The molecular weight excluding hydrogens is 285 g/mol. The molecule has 0 amide bonds. The van der Waals surface area contributed by atoms with Crippen molar-refractivity contribution in [3.8, 4) is 0 Å². The number of allylic oxidation sites excluding steroid dienone is 2. The summed E-state index contributed by atoms with van der Waals surface area (Å²) in [5.74, 6) is -0.168. The van der Waals surface area contributed by atoms with Crippen molar-refractivity contribution in [3.63, 3.8) is 0 Å². The number of hydrogen-bond acceptors (Lipinski definition) is 2. The lowest BCUT2D eigenvalue weighted by molar-refractivity contribution is 0.171. The van der Waals surface area contributed by atoms with Gasteiger partial charge < -0.3 is 16.0 Å². The maximum atomic E-state index is 13.7. The number of rotatable bonds is 5. The van der Waals surface area contributed by atoms with Crippen molar-refractivity contribution in [1.29, 1.82) is 0 Å². The van der Waals surface area contributed by atoms with Crippen LogP contribution in [-0.2, 0) is 6.42 Å². The van der Waals surface area contributed by atoms with Crippen molar-refractivity contribution in [2.24, 2.45) is 5.73 Å². The van der Waals surface area contributed by atoms with Crippen molar-refractivity contribution >= 4 is 17.3 Å². The maximum Gasteiger partial charge on any atom is 0.165 e. The quantitative estimate of drug-likeness (QED) is 0.821. The first-order valence-electron chi connectivity index (χ1n) is 7.01. The third-order valence-corrected chi connectivity index (χ3v) is 3.82. The van der Waals surface area contributed by atoms with Gasteiger partial charge in [0.2, 0.25) is 0 Å². The van der Waals surface area contributed by atoms with E-state index in [1.54, 1.807) is 6.07 Å². The summed E-state index contributed by atoms with van der Waals surface area (Å²) in [6.07, 6.45) is 9.35. The van der Waals surface area contributed by atoms with E-state index in [0.717, 1.165) is 6.42 Å². The first-order valence-corrected chi connectivity index (χ1v) is 7.42. The molecule has 3 nitrogen and oxygen atoms in total. The van der Waals surface area contributed by atoms with Gasteiger partial charge in [-0.2, -0.15) is 0 Å². The molecule has 2 rings (SSSR count). The number of hydrogen-bond donors (Lipinski definition) is 2. The number of nitrogens with one attached hydrogen (secondary N) is 1. The topological polar surface area (TPSA) is 41.3 Å². The van der Waals surface area contributed by atoms with E-state index >= 15 is 0 Å². The van der Waals surface area contributed by atoms with Crippen LogP contribution in [0.3, 0.4) is 0 Å². The highest BCUT2D eigenvalue weighted by atomic mass is 32.1. The third-order valence-electron chi connectivity index (χ3n) is 3.72. The molecule has 1 aliphatic rings. The summed E-state index contributed by atoms with van der Waals surface area (Å²) >= 11 is 4.99. The Balaban J connectivity index is 2.13. The minimum Gasteiger partial charge on any atom is -0.376 e. The molecule has 1 atom stereocenters. The first kappa shape index (κ1) is 15.5. The van der Waals surface area contributed by atoms with Gasteiger partial charge >= 0.3 is 0 Å². The third kappa shape index (κ3) is 3.61. The Morgan fingerprint density at radius 2 is 2.14 bits per heavy atom. The van der Waals surface area contributed by atoms with Crippen LogP contribution in [0.4, 0.5) is 4.39 Å². The van der Waals surface area contributed by atoms with E-state index in [-0.39, 0.29) is 10.9 Å². The van der Waals surface area contributed by atoms with Crippen LogP contribution < -0.4 is 11.1 Å². The maximum absolute atomic E-state index is 13.7. The monoisotopic (exact) mass is 305 g/mol. The highest BCUT2D eigenvalue weighted by molar-refractivity contribution is 7.80. The van der Waals surface area contributed by atoms with E-state index in [1.807, 2.05) is 36.6 Å². The molecule has 0 saturated carbocycles. The van der Waals surface area contributed by atoms with Gasteiger partial charge in [0.15, 0.2) is 5.11 Å². The van der Waals surface area contributed by atoms with Gasteiger partial charge in [0.25, 0.3) is 0 Å². The molecule has 1 unspecified atom stereocenters. The molecule has 0 aromatic heterocycles. The predicted molar refractivity (Wildman–Crippen MR) is 88.0 cm³/mol. The van der Waals surface area contributed by atoms with Gasteiger partial charge in [-0.25, -0.2) is 4.39 Å². The lowest BCUT2D eigenvalue weighted by Crippen LogP contribution is -2.59. The Hall–Kier alpha value is -1.88. The van der Waals surface area contributed by atoms with E-state index in [4.69, 9.17) is 18.0 Å². The summed E-state index contributed by atoms with van der Waals surface area (Å²) in [6.45, 7) is 2.73. The Bertz CT molecular complexity index is 570. The van der Waals surface area contributed by atoms with Crippen molar-refractivity contribution < 1.29 is 4.39 Å². The van der Waals surface area contributed by atoms with Crippen LogP contribution in [0.15, 0.2) is 48.7 Å². The Kier molecular flexibility index (Phi) is 4.96. The van der Waals surface area contributed by atoms with Gasteiger partial charge in [0.1, 0.15) is 11.5 Å². The molecule has 3 N–H and O–H groups in total. The number of halogens is 1. The smallest absolute Gasteiger partial charge is 0.165 e. The molecule has 21 heavy (non-hydrogen) atoms. The fourth-order valence-corrected chi connectivity index (χ4v) is 2.73. The van der Waals surface area contributed by atoms with Crippen LogP contribution in [0, 0.1) is 5.82 Å². The molecule has 112 valence electrons. The Labute approximate surface area is 130 Å². The summed E-state index contributed by atoms with van der Waals surface area (Å²) in [5.41, 5.74) is 5.92. The van der Waals surface area contributed by atoms with E-state index in [2.05, 4.69) is 17.1 Å². The Morgan fingerprint density at radius 1 is 1.38 bits per heavy atom. The SMILES string of the molecule is CCC1(NC(N)=S)C=CC=CN1CCc1ccccc1F. The number of nitrogens with two attached hydrogens (primary N) is 1. The van der Waals surface area contributed by atoms with Gasteiger partial charge in [0.05, 0.1) is 0 Å². The summed E-state index contributed by atoms with van der Waals surface area (Å²) < 4.78 is 13.7. The van der Waals surface area contributed by atoms with Crippen molar-refractivity contribution in [2.45, 2.75) is 25.4 Å². The molecule has 1 heterocycles. The van der Waals surface area contributed by atoms with Gasteiger partial charge in [-0.05, 0) is 48.8 Å². The van der Waals surface area contributed by atoms with Gasteiger partial charge in [0, 0.05) is 12.7 Å². The molecule has 5 heteroatoms. The van der Waals surface area contributed by atoms with Crippen molar-refractivity contribution in [1.82, 2.24) is 10.2 Å². The molecule has 1 aliphatic heterocycles. The number of nitrogens with zero attached hydrogens (tertiary/aromatic N) is 1. The molecule has 0 radical (unpaired) electrons.